The fourth-order valence-electron chi connectivity index (χ4n) is 1.42. The van der Waals surface area contributed by atoms with Crippen LogP contribution in [-0.2, 0) is 4.74 Å². The predicted octanol–water partition coefficient (Wildman–Crippen LogP) is 3.18. The van der Waals surface area contributed by atoms with Crippen LogP contribution in [0.5, 0.6) is 0 Å². The van der Waals surface area contributed by atoms with Gasteiger partial charge in [0.25, 0.3) is 0 Å². The zero-order valence-corrected chi connectivity index (χ0v) is 11.1. The monoisotopic (exact) mass is 272 g/mol. The standard InChI is InChI=1S/C12H14Cl2N2O/c1-17-6-2-5-16-12(8-15)10-4-3-9(13)7-11(10)14/h3-4,7,12,16H,2,5-6H2,1H3. The second kappa shape index (κ2) is 7.52. The Morgan fingerprint density at radius 3 is 2.82 bits per heavy atom. The van der Waals surface area contributed by atoms with Crippen molar-refractivity contribution in [2.75, 3.05) is 20.3 Å². The molecule has 1 aromatic carbocycles. The Balaban J connectivity index is 2.64. The maximum absolute atomic E-state index is 9.09. The molecule has 1 atom stereocenters. The molecule has 0 radical (unpaired) electrons. The molecule has 17 heavy (non-hydrogen) atoms. The van der Waals surface area contributed by atoms with Crippen LogP contribution in [0.15, 0.2) is 18.2 Å². The van der Waals surface area contributed by atoms with Gasteiger partial charge in [-0.1, -0.05) is 29.3 Å². The van der Waals surface area contributed by atoms with Gasteiger partial charge in [-0.05, 0) is 25.1 Å². The Morgan fingerprint density at radius 2 is 2.24 bits per heavy atom. The van der Waals surface area contributed by atoms with Crippen LogP contribution in [0.1, 0.15) is 18.0 Å². The number of ether oxygens (including phenoxy) is 1. The molecule has 0 spiro atoms. The minimum atomic E-state index is -0.420. The highest BCUT2D eigenvalue weighted by molar-refractivity contribution is 6.35. The molecule has 0 bridgehead atoms. The van der Waals surface area contributed by atoms with Crippen LogP contribution in [0.2, 0.25) is 10.0 Å². The summed E-state index contributed by atoms with van der Waals surface area (Å²) in [6, 6.07) is 6.89. The molecule has 1 unspecified atom stereocenters. The highest BCUT2D eigenvalue weighted by atomic mass is 35.5. The van der Waals surface area contributed by atoms with Crippen molar-refractivity contribution in [2.45, 2.75) is 12.5 Å². The molecule has 0 fully saturated rings. The van der Waals surface area contributed by atoms with Crippen LogP contribution in [0, 0.1) is 11.3 Å². The first-order valence-electron chi connectivity index (χ1n) is 5.26. The number of nitrogens with one attached hydrogen (secondary N) is 1. The van der Waals surface area contributed by atoms with Gasteiger partial charge in [-0.2, -0.15) is 5.26 Å². The number of methoxy groups -OCH3 is 1. The number of nitrogens with zero attached hydrogens (tertiary/aromatic N) is 1. The smallest absolute Gasteiger partial charge is 0.122 e. The van der Waals surface area contributed by atoms with Crippen molar-refractivity contribution in [1.29, 1.82) is 5.26 Å². The number of hydrogen-bond acceptors (Lipinski definition) is 3. The van der Waals surface area contributed by atoms with E-state index in [-0.39, 0.29) is 0 Å². The summed E-state index contributed by atoms with van der Waals surface area (Å²) < 4.78 is 4.94. The molecule has 0 aromatic heterocycles. The SMILES string of the molecule is COCCCNC(C#N)c1ccc(Cl)cc1Cl. The fraction of sp³-hybridized carbons (Fsp3) is 0.417. The Bertz CT molecular complexity index is 404. The van der Waals surface area contributed by atoms with Crippen molar-refractivity contribution in [2.24, 2.45) is 0 Å². The topological polar surface area (TPSA) is 45.0 Å². The van der Waals surface area contributed by atoms with Gasteiger partial charge in [0.2, 0.25) is 0 Å². The van der Waals surface area contributed by atoms with E-state index < -0.39 is 6.04 Å². The van der Waals surface area contributed by atoms with E-state index in [2.05, 4.69) is 11.4 Å². The maximum atomic E-state index is 9.09. The van der Waals surface area contributed by atoms with Gasteiger partial charge in [0.1, 0.15) is 6.04 Å². The summed E-state index contributed by atoms with van der Waals surface area (Å²) in [4.78, 5) is 0. The first-order chi connectivity index (χ1) is 8.19. The van der Waals surface area contributed by atoms with Crippen LogP contribution >= 0.6 is 23.2 Å². The summed E-state index contributed by atoms with van der Waals surface area (Å²) in [5, 5.41) is 13.3. The lowest BCUT2D eigenvalue weighted by Crippen LogP contribution is -2.22. The Morgan fingerprint density at radius 1 is 1.47 bits per heavy atom. The second-order valence-corrected chi connectivity index (χ2v) is 4.37. The average molecular weight is 273 g/mol. The van der Waals surface area contributed by atoms with Crippen LogP contribution in [0.3, 0.4) is 0 Å². The van der Waals surface area contributed by atoms with E-state index in [4.69, 9.17) is 33.2 Å². The Kier molecular flexibility index (Phi) is 6.31. The lowest BCUT2D eigenvalue weighted by molar-refractivity contribution is 0.194. The van der Waals surface area contributed by atoms with E-state index in [0.29, 0.717) is 23.2 Å². The molecular weight excluding hydrogens is 259 g/mol. The van der Waals surface area contributed by atoms with Crippen molar-refractivity contribution in [3.05, 3.63) is 33.8 Å². The normalized spacial score (nSPS) is 12.1. The molecule has 5 heteroatoms. The third kappa shape index (κ3) is 4.53. The molecule has 0 aliphatic rings. The van der Waals surface area contributed by atoms with Gasteiger partial charge in [0, 0.05) is 29.3 Å². The van der Waals surface area contributed by atoms with Crippen LogP contribution in [0.25, 0.3) is 0 Å². The molecule has 0 aliphatic heterocycles. The first-order valence-corrected chi connectivity index (χ1v) is 6.01. The van der Waals surface area contributed by atoms with Crippen molar-refractivity contribution in [3.63, 3.8) is 0 Å². The summed E-state index contributed by atoms with van der Waals surface area (Å²) in [6.45, 7) is 1.37. The van der Waals surface area contributed by atoms with Crippen LogP contribution in [0.4, 0.5) is 0 Å². The molecule has 1 rings (SSSR count). The Hall–Kier alpha value is -0.790. The van der Waals surface area contributed by atoms with Crippen molar-refractivity contribution in [3.8, 4) is 6.07 Å². The summed E-state index contributed by atoms with van der Waals surface area (Å²) in [5.74, 6) is 0. The number of halogens is 2. The highest BCUT2D eigenvalue weighted by Gasteiger charge is 2.13. The van der Waals surface area contributed by atoms with Gasteiger partial charge in [-0.15, -0.1) is 0 Å². The van der Waals surface area contributed by atoms with Crippen LogP contribution in [-0.4, -0.2) is 20.3 Å². The first kappa shape index (κ1) is 14.3. The van der Waals surface area contributed by atoms with Crippen LogP contribution < -0.4 is 5.32 Å². The molecule has 3 nitrogen and oxygen atoms in total. The van der Waals surface area contributed by atoms with E-state index in [1.54, 1.807) is 25.3 Å². The minimum absolute atomic E-state index is 0.420. The quantitative estimate of drug-likeness (QED) is 0.809. The fourth-order valence-corrected chi connectivity index (χ4v) is 1.94. The Labute approximate surface area is 111 Å². The maximum Gasteiger partial charge on any atom is 0.122 e. The molecule has 1 aromatic rings. The van der Waals surface area contributed by atoms with Gasteiger partial charge in [-0.3, -0.25) is 5.32 Å². The number of hydrogen-bond donors (Lipinski definition) is 1. The van der Waals surface area contributed by atoms with E-state index in [9.17, 15) is 0 Å². The van der Waals surface area contributed by atoms with Crippen molar-refractivity contribution in [1.82, 2.24) is 5.32 Å². The number of nitriles is 1. The summed E-state index contributed by atoms with van der Waals surface area (Å²) in [7, 11) is 1.65. The average Bonchev–Trinajstić information content (AvgIpc) is 2.31. The molecule has 1 N–H and O–H groups in total. The van der Waals surface area contributed by atoms with Gasteiger partial charge in [0.15, 0.2) is 0 Å². The zero-order valence-electron chi connectivity index (χ0n) is 9.54. The molecule has 0 saturated heterocycles. The van der Waals surface area contributed by atoms with Gasteiger partial charge < -0.3 is 4.74 Å². The minimum Gasteiger partial charge on any atom is -0.385 e. The van der Waals surface area contributed by atoms with E-state index in [1.807, 2.05) is 0 Å². The molecule has 92 valence electrons. The largest absolute Gasteiger partial charge is 0.385 e. The molecule has 0 saturated carbocycles. The number of benzene rings is 1. The van der Waals surface area contributed by atoms with Gasteiger partial charge in [0.05, 0.1) is 6.07 Å². The van der Waals surface area contributed by atoms with E-state index in [0.717, 1.165) is 12.0 Å². The third-order valence-corrected chi connectivity index (χ3v) is 2.84. The molecular formula is C12H14Cl2N2O. The van der Waals surface area contributed by atoms with Crippen molar-refractivity contribution < 1.29 is 4.74 Å². The second-order valence-electron chi connectivity index (χ2n) is 3.53. The molecule has 0 heterocycles. The van der Waals surface area contributed by atoms with Crippen molar-refractivity contribution >= 4 is 23.2 Å². The lowest BCUT2D eigenvalue weighted by atomic mass is 10.1. The highest BCUT2D eigenvalue weighted by Crippen LogP contribution is 2.25. The van der Waals surface area contributed by atoms with Gasteiger partial charge in [-0.25, -0.2) is 0 Å². The van der Waals surface area contributed by atoms with Gasteiger partial charge >= 0.3 is 0 Å². The summed E-state index contributed by atoms with van der Waals surface area (Å²) >= 11 is 11.8. The third-order valence-electron chi connectivity index (χ3n) is 2.28. The number of rotatable bonds is 6. The van der Waals surface area contributed by atoms with E-state index in [1.165, 1.54) is 0 Å². The molecule has 0 aliphatic carbocycles. The zero-order chi connectivity index (χ0) is 12.7. The molecule has 0 amide bonds. The van der Waals surface area contributed by atoms with E-state index >= 15 is 0 Å². The summed E-state index contributed by atoms with van der Waals surface area (Å²) in [6.07, 6.45) is 0.847. The predicted molar refractivity (Wildman–Crippen MR) is 69.3 cm³/mol. The lowest BCUT2D eigenvalue weighted by Gasteiger charge is -2.13. The summed E-state index contributed by atoms with van der Waals surface area (Å²) in [5.41, 5.74) is 0.746.